The van der Waals surface area contributed by atoms with Crippen LogP contribution in [0, 0.1) is 15.9 Å². The molecule has 1 unspecified atom stereocenters. The summed E-state index contributed by atoms with van der Waals surface area (Å²) in [4.78, 5) is 37.6. The molecule has 10 nitrogen and oxygen atoms in total. The van der Waals surface area contributed by atoms with Crippen molar-refractivity contribution >= 4 is 17.7 Å². The topological polar surface area (TPSA) is 117 Å². The van der Waals surface area contributed by atoms with Gasteiger partial charge in [-0.1, -0.05) is 6.92 Å². The number of benzene rings is 1. The van der Waals surface area contributed by atoms with Gasteiger partial charge in [-0.05, 0) is 39.8 Å². The molecule has 2 heterocycles. The van der Waals surface area contributed by atoms with Gasteiger partial charge in [0, 0.05) is 23.7 Å². The van der Waals surface area contributed by atoms with E-state index in [4.69, 9.17) is 9.47 Å². The Bertz CT molecular complexity index is 1090. The minimum Gasteiger partial charge on any atom is -0.461 e. The lowest BCUT2D eigenvalue weighted by molar-refractivity contribution is -0.385. The van der Waals surface area contributed by atoms with Crippen molar-refractivity contribution in [1.82, 2.24) is 14.7 Å². The molecule has 0 bridgehead atoms. The van der Waals surface area contributed by atoms with E-state index in [0.29, 0.717) is 17.8 Å². The number of nitro groups is 1. The Morgan fingerprint density at radius 2 is 2.03 bits per heavy atom. The van der Waals surface area contributed by atoms with E-state index in [0.717, 1.165) is 12.1 Å². The molecule has 0 spiro atoms. The fourth-order valence-corrected chi connectivity index (χ4v) is 3.84. The molecule has 1 aliphatic rings. The first kappa shape index (κ1) is 24.1. The van der Waals surface area contributed by atoms with Crippen LogP contribution in [-0.4, -0.2) is 50.4 Å². The van der Waals surface area contributed by atoms with Crippen molar-refractivity contribution in [3.63, 3.8) is 0 Å². The van der Waals surface area contributed by atoms with Crippen molar-refractivity contribution in [2.45, 2.75) is 59.2 Å². The minimum absolute atomic E-state index is 0.0386. The zero-order valence-electron chi connectivity index (χ0n) is 19.3. The van der Waals surface area contributed by atoms with Crippen molar-refractivity contribution in [2.24, 2.45) is 0 Å². The average molecular weight is 462 g/mol. The highest BCUT2D eigenvalue weighted by molar-refractivity contribution is 5.89. The van der Waals surface area contributed by atoms with E-state index in [-0.39, 0.29) is 42.6 Å². The molecule has 0 radical (unpaired) electrons. The number of esters is 1. The second-order valence-corrected chi connectivity index (χ2v) is 8.88. The lowest BCUT2D eigenvalue weighted by atomic mass is 9.96. The van der Waals surface area contributed by atoms with Crippen LogP contribution in [0.5, 0.6) is 0 Å². The standard InChI is InChI=1S/C22H27FN4O6/c1-6-32-20(28)18-16-12-25(21(29)33-22(3,4)5)10-13(2)19(16)26(24-18)11-14-7-8-15(23)9-17(14)27(30)31/h7-9,13H,6,10-12H2,1-5H3. The fourth-order valence-electron chi connectivity index (χ4n) is 3.84. The number of halogens is 1. The van der Waals surface area contributed by atoms with E-state index in [1.807, 2.05) is 6.92 Å². The number of carbonyl (C=O) groups is 2. The summed E-state index contributed by atoms with van der Waals surface area (Å²) in [6, 6.07) is 3.31. The molecule has 1 amide bonds. The Morgan fingerprint density at radius 3 is 2.64 bits per heavy atom. The molecule has 1 aromatic heterocycles. The van der Waals surface area contributed by atoms with Crippen molar-refractivity contribution < 1.29 is 28.4 Å². The molecule has 1 aromatic carbocycles. The van der Waals surface area contributed by atoms with Gasteiger partial charge in [-0.15, -0.1) is 0 Å². The number of hydrogen-bond donors (Lipinski definition) is 0. The van der Waals surface area contributed by atoms with Gasteiger partial charge in [-0.2, -0.15) is 5.10 Å². The Labute approximate surface area is 190 Å². The van der Waals surface area contributed by atoms with Gasteiger partial charge in [0.2, 0.25) is 0 Å². The SMILES string of the molecule is CCOC(=O)c1nn(Cc2ccc(F)cc2[N+](=O)[O-])c2c1CN(C(=O)OC(C)(C)C)CC2C. The lowest BCUT2D eigenvalue weighted by Gasteiger charge is -2.33. The molecule has 3 rings (SSSR count). The van der Waals surface area contributed by atoms with Gasteiger partial charge in [0.1, 0.15) is 11.4 Å². The van der Waals surface area contributed by atoms with Crippen molar-refractivity contribution in [3.8, 4) is 0 Å². The highest BCUT2D eigenvalue weighted by Crippen LogP contribution is 2.33. The molecule has 0 saturated carbocycles. The molecule has 0 N–H and O–H groups in total. The third-order valence-electron chi connectivity index (χ3n) is 5.09. The monoisotopic (exact) mass is 462 g/mol. The first-order valence-electron chi connectivity index (χ1n) is 10.6. The van der Waals surface area contributed by atoms with Crippen LogP contribution in [-0.2, 0) is 22.6 Å². The van der Waals surface area contributed by atoms with Crippen LogP contribution in [0.3, 0.4) is 0 Å². The molecule has 1 aliphatic heterocycles. The second-order valence-electron chi connectivity index (χ2n) is 8.88. The Hall–Kier alpha value is -3.50. The van der Waals surface area contributed by atoms with E-state index in [1.165, 1.54) is 15.6 Å². The minimum atomic E-state index is -0.721. The molecule has 0 saturated heterocycles. The lowest BCUT2D eigenvalue weighted by Crippen LogP contribution is -2.41. The van der Waals surface area contributed by atoms with E-state index in [1.54, 1.807) is 27.7 Å². The fraction of sp³-hybridized carbons (Fsp3) is 0.500. The highest BCUT2D eigenvalue weighted by atomic mass is 19.1. The number of aromatic nitrogens is 2. The van der Waals surface area contributed by atoms with Gasteiger partial charge in [0.25, 0.3) is 5.69 Å². The summed E-state index contributed by atoms with van der Waals surface area (Å²) in [5, 5.41) is 15.8. The molecule has 33 heavy (non-hydrogen) atoms. The zero-order valence-corrected chi connectivity index (χ0v) is 19.3. The van der Waals surface area contributed by atoms with Crippen LogP contribution < -0.4 is 0 Å². The van der Waals surface area contributed by atoms with E-state index in [2.05, 4.69) is 5.10 Å². The first-order chi connectivity index (χ1) is 15.4. The molecule has 11 heteroatoms. The number of fused-ring (bicyclic) bond motifs is 1. The molecule has 0 aliphatic carbocycles. The van der Waals surface area contributed by atoms with E-state index < -0.39 is 28.4 Å². The molecular weight excluding hydrogens is 435 g/mol. The van der Waals surface area contributed by atoms with Crippen LogP contribution >= 0.6 is 0 Å². The van der Waals surface area contributed by atoms with Crippen molar-refractivity contribution in [2.75, 3.05) is 13.2 Å². The van der Waals surface area contributed by atoms with Gasteiger partial charge in [0.05, 0.1) is 36.2 Å². The molecule has 178 valence electrons. The predicted octanol–water partition coefficient (Wildman–Crippen LogP) is 4.01. The molecular formula is C22H27FN4O6. The van der Waals surface area contributed by atoms with Gasteiger partial charge in [-0.25, -0.2) is 14.0 Å². The van der Waals surface area contributed by atoms with Crippen LogP contribution in [0.1, 0.15) is 67.8 Å². The molecule has 1 atom stereocenters. The maximum absolute atomic E-state index is 13.6. The second kappa shape index (κ2) is 9.16. The Morgan fingerprint density at radius 1 is 1.33 bits per heavy atom. The first-order valence-corrected chi connectivity index (χ1v) is 10.6. The average Bonchev–Trinajstić information content (AvgIpc) is 3.07. The third-order valence-corrected chi connectivity index (χ3v) is 5.09. The van der Waals surface area contributed by atoms with Crippen LogP contribution in [0.4, 0.5) is 14.9 Å². The Balaban J connectivity index is 2.04. The van der Waals surface area contributed by atoms with Crippen LogP contribution in [0.25, 0.3) is 0 Å². The summed E-state index contributed by atoms with van der Waals surface area (Å²) in [6.45, 7) is 9.30. The van der Waals surface area contributed by atoms with E-state index in [9.17, 15) is 24.1 Å². The summed E-state index contributed by atoms with van der Waals surface area (Å²) < 4.78 is 25.7. The summed E-state index contributed by atoms with van der Waals surface area (Å²) >= 11 is 0. The smallest absolute Gasteiger partial charge is 0.410 e. The number of ether oxygens (including phenoxy) is 2. The maximum atomic E-state index is 13.6. The number of rotatable bonds is 5. The number of amides is 1. The van der Waals surface area contributed by atoms with Crippen LogP contribution in [0.2, 0.25) is 0 Å². The highest BCUT2D eigenvalue weighted by Gasteiger charge is 2.36. The largest absolute Gasteiger partial charge is 0.461 e. The van der Waals surface area contributed by atoms with Gasteiger partial charge in [0.15, 0.2) is 5.69 Å². The quantitative estimate of drug-likeness (QED) is 0.374. The zero-order chi connectivity index (χ0) is 24.5. The summed E-state index contributed by atoms with van der Waals surface area (Å²) in [5.74, 6) is -1.63. The number of carbonyl (C=O) groups excluding carboxylic acids is 2. The van der Waals surface area contributed by atoms with Gasteiger partial charge < -0.3 is 14.4 Å². The predicted molar refractivity (Wildman–Crippen MR) is 115 cm³/mol. The van der Waals surface area contributed by atoms with E-state index >= 15 is 0 Å². The van der Waals surface area contributed by atoms with Crippen LogP contribution in [0.15, 0.2) is 18.2 Å². The van der Waals surface area contributed by atoms with Gasteiger partial charge >= 0.3 is 12.1 Å². The van der Waals surface area contributed by atoms with Gasteiger partial charge in [-0.3, -0.25) is 14.8 Å². The summed E-state index contributed by atoms with van der Waals surface area (Å²) in [6.07, 6.45) is -0.517. The summed E-state index contributed by atoms with van der Waals surface area (Å²) in [5.41, 5.74) is 0.381. The number of hydrogen-bond acceptors (Lipinski definition) is 7. The maximum Gasteiger partial charge on any atom is 0.410 e. The number of nitro benzene ring substituents is 1. The molecule has 2 aromatic rings. The molecule has 0 fully saturated rings. The summed E-state index contributed by atoms with van der Waals surface area (Å²) in [7, 11) is 0. The van der Waals surface area contributed by atoms with Crippen molar-refractivity contribution in [3.05, 3.63) is 56.6 Å². The van der Waals surface area contributed by atoms with Crippen molar-refractivity contribution in [1.29, 1.82) is 0 Å². The number of nitrogens with zero attached hydrogens (tertiary/aromatic N) is 4. The normalized spacial score (nSPS) is 15.7. The third kappa shape index (κ3) is 5.29. The Kier molecular flexibility index (Phi) is 6.71.